The van der Waals surface area contributed by atoms with Gasteiger partial charge in [-0.05, 0) is 19.8 Å². The van der Waals surface area contributed by atoms with E-state index in [0.29, 0.717) is 0 Å². The van der Waals surface area contributed by atoms with Crippen LogP contribution in [0.4, 0.5) is 0 Å². The molecule has 0 fully saturated rings. The van der Waals surface area contributed by atoms with E-state index in [4.69, 9.17) is 5.11 Å². The molecule has 2 N–H and O–H groups in total. The molecular formula is C11H19N3O. The van der Waals surface area contributed by atoms with Gasteiger partial charge in [-0.3, -0.25) is 9.97 Å². The summed E-state index contributed by atoms with van der Waals surface area (Å²) in [4.78, 5) is 8.49. The third-order valence-corrected chi connectivity index (χ3v) is 2.41. The molecule has 2 atom stereocenters. The summed E-state index contributed by atoms with van der Waals surface area (Å²) in [7, 11) is 0. The first-order valence-electron chi connectivity index (χ1n) is 5.27. The molecule has 0 aliphatic carbocycles. The van der Waals surface area contributed by atoms with Crippen LogP contribution < -0.4 is 5.32 Å². The number of aromatic nitrogens is 2. The predicted octanol–water partition coefficient (Wildman–Crippen LogP) is 1.06. The van der Waals surface area contributed by atoms with Gasteiger partial charge in [0.1, 0.15) is 0 Å². The molecule has 0 aromatic carbocycles. The zero-order valence-electron chi connectivity index (χ0n) is 9.57. The highest BCUT2D eigenvalue weighted by atomic mass is 16.3. The Morgan fingerprint density at radius 3 is 2.60 bits per heavy atom. The monoisotopic (exact) mass is 209 g/mol. The van der Waals surface area contributed by atoms with Gasteiger partial charge in [0.15, 0.2) is 0 Å². The highest BCUT2D eigenvalue weighted by Crippen LogP contribution is 2.11. The second-order valence-electron chi connectivity index (χ2n) is 3.94. The minimum absolute atomic E-state index is 0.174. The van der Waals surface area contributed by atoms with Crippen molar-refractivity contribution in [1.82, 2.24) is 15.3 Å². The van der Waals surface area contributed by atoms with Gasteiger partial charge in [-0.2, -0.15) is 0 Å². The van der Waals surface area contributed by atoms with Crippen molar-refractivity contribution < 1.29 is 5.11 Å². The molecule has 0 radical (unpaired) electrons. The number of nitrogens with zero attached hydrogens (tertiary/aromatic N) is 2. The van der Waals surface area contributed by atoms with Crippen LogP contribution in [0.3, 0.4) is 0 Å². The van der Waals surface area contributed by atoms with Crippen LogP contribution in [0.25, 0.3) is 0 Å². The zero-order valence-corrected chi connectivity index (χ0v) is 9.57. The van der Waals surface area contributed by atoms with Gasteiger partial charge < -0.3 is 10.4 Å². The molecule has 0 saturated carbocycles. The fourth-order valence-corrected chi connectivity index (χ4v) is 1.38. The van der Waals surface area contributed by atoms with Gasteiger partial charge in [0.2, 0.25) is 0 Å². The van der Waals surface area contributed by atoms with E-state index in [1.807, 2.05) is 13.8 Å². The van der Waals surface area contributed by atoms with Crippen molar-refractivity contribution >= 4 is 0 Å². The van der Waals surface area contributed by atoms with E-state index >= 15 is 0 Å². The number of rotatable bonds is 5. The van der Waals surface area contributed by atoms with Crippen molar-refractivity contribution in [3.63, 3.8) is 0 Å². The van der Waals surface area contributed by atoms with Crippen molar-refractivity contribution in [3.8, 4) is 0 Å². The summed E-state index contributed by atoms with van der Waals surface area (Å²) in [5, 5.41) is 12.2. The summed E-state index contributed by atoms with van der Waals surface area (Å²) >= 11 is 0. The fourth-order valence-electron chi connectivity index (χ4n) is 1.38. The van der Waals surface area contributed by atoms with E-state index in [-0.39, 0.29) is 18.6 Å². The highest BCUT2D eigenvalue weighted by Gasteiger charge is 2.10. The summed E-state index contributed by atoms with van der Waals surface area (Å²) < 4.78 is 0. The zero-order chi connectivity index (χ0) is 11.3. The van der Waals surface area contributed by atoms with Gasteiger partial charge in [-0.25, -0.2) is 0 Å². The SMILES string of the molecule is Cc1nccnc1C(C)NCC(C)CO. The summed E-state index contributed by atoms with van der Waals surface area (Å²) in [6, 6.07) is 0.174. The van der Waals surface area contributed by atoms with Crippen molar-refractivity contribution in [2.24, 2.45) is 5.92 Å². The van der Waals surface area contributed by atoms with Crippen LogP contribution in [0.1, 0.15) is 31.3 Å². The fraction of sp³-hybridized carbons (Fsp3) is 0.636. The molecule has 84 valence electrons. The van der Waals surface area contributed by atoms with Crippen LogP contribution in [-0.4, -0.2) is 28.2 Å². The van der Waals surface area contributed by atoms with E-state index in [9.17, 15) is 0 Å². The normalized spacial score (nSPS) is 14.9. The molecule has 0 saturated heterocycles. The van der Waals surface area contributed by atoms with Crippen LogP contribution in [-0.2, 0) is 0 Å². The largest absolute Gasteiger partial charge is 0.396 e. The van der Waals surface area contributed by atoms with Crippen LogP contribution in [0.2, 0.25) is 0 Å². The van der Waals surface area contributed by atoms with E-state index in [2.05, 4.69) is 22.2 Å². The Bertz CT molecular complexity index is 304. The Morgan fingerprint density at radius 2 is 2.00 bits per heavy atom. The van der Waals surface area contributed by atoms with Crippen LogP contribution >= 0.6 is 0 Å². The average Bonchev–Trinajstić information content (AvgIpc) is 2.26. The number of aliphatic hydroxyl groups excluding tert-OH is 1. The van der Waals surface area contributed by atoms with Gasteiger partial charge in [-0.1, -0.05) is 6.92 Å². The lowest BCUT2D eigenvalue weighted by molar-refractivity contribution is 0.230. The van der Waals surface area contributed by atoms with E-state index < -0.39 is 0 Å². The first-order valence-corrected chi connectivity index (χ1v) is 5.27. The maximum Gasteiger partial charge on any atom is 0.0782 e. The second-order valence-corrected chi connectivity index (χ2v) is 3.94. The summed E-state index contributed by atoms with van der Waals surface area (Å²) in [6.45, 7) is 7.01. The first kappa shape index (κ1) is 12.1. The number of hydrogen-bond acceptors (Lipinski definition) is 4. The molecule has 1 aromatic rings. The van der Waals surface area contributed by atoms with Crippen LogP contribution in [0.5, 0.6) is 0 Å². The molecule has 0 aliphatic rings. The molecule has 1 heterocycles. The topological polar surface area (TPSA) is 58.0 Å². The molecule has 0 bridgehead atoms. The third kappa shape index (κ3) is 3.57. The standard InChI is InChI=1S/C11H19N3O/c1-8(7-15)6-14-10(3)11-9(2)12-4-5-13-11/h4-5,8,10,14-15H,6-7H2,1-3H3. The van der Waals surface area contributed by atoms with Crippen molar-refractivity contribution in [1.29, 1.82) is 0 Å². The molecule has 15 heavy (non-hydrogen) atoms. The maximum absolute atomic E-state index is 8.90. The average molecular weight is 209 g/mol. The predicted molar refractivity (Wildman–Crippen MR) is 59.4 cm³/mol. The highest BCUT2D eigenvalue weighted by molar-refractivity contribution is 5.12. The Kier molecular flexibility index (Phi) is 4.65. The summed E-state index contributed by atoms with van der Waals surface area (Å²) in [5.74, 6) is 0.268. The van der Waals surface area contributed by atoms with E-state index in [0.717, 1.165) is 17.9 Å². The van der Waals surface area contributed by atoms with Gasteiger partial charge in [0.05, 0.1) is 11.4 Å². The molecule has 0 spiro atoms. The Labute approximate surface area is 90.8 Å². The minimum atomic E-state index is 0.174. The smallest absolute Gasteiger partial charge is 0.0782 e. The van der Waals surface area contributed by atoms with Crippen molar-refractivity contribution in [3.05, 3.63) is 23.8 Å². The number of nitrogens with one attached hydrogen (secondary N) is 1. The summed E-state index contributed by atoms with van der Waals surface area (Å²) in [5.41, 5.74) is 1.93. The first-order chi connectivity index (χ1) is 7.15. The van der Waals surface area contributed by atoms with Crippen LogP contribution in [0, 0.1) is 12.8 Å². The molecule has 1 aromatic heterocycles. The van der Waals surface area contributed by atoms with Gasteiger partial charge in [0.25, 0.3) is 0 Å². The Hall–Kier alpha value is -1.00. The number of aliphatic hydroxyl groups is 1. The van der Waals surface area contributed by atoms with Gasteiger partial charge in [-0.15, -0.1) is 0 Å². The Morgan fingerprint density at radius 1 is 1.33 bits per heavy atom. The van der Waals surface area contributed by atoms with E-state index in [1.165, 1.54) is 0 Å². The summed E-state index contributed by atoms with van der Waals surface area (Å²) in [6.07, 6.45) is 3.40. The number of aryl methyl sites for hydroxylation is 1. The lowest BCUT2D eigenvalue weighted by atomic mass is 10.1. The van der Waals surface area contributed by atoms with E-state index in [1.54, 1.807) is 12.4 Å². The third-order valence-electron chi connectivity index (χ3n) is 2.41. The molecule has 0 aliphatic heterocycles. The molecule has 4 heteroatoms. The molecule has 0 amide bonds. The minimum Gasteiger partial charge on any atom is -0.396 e. The lowest BCUT2D eigenvalue weighted by Crippen LogP contribution is -2.27. The van der Waals surface area contributed by atoms with Crippen LogP contribution in [0.15, 0.2) is 12.4 Å². The van der Waals surface area contributed by atoms with Crippen molar-refractivity contribution in [2.75, 3.05) is 13.2 Å². The lowest BCUT2D eigenvalue weighted by Gasteiger charge is -2.16. The van der Waals surface area contributed by atoms with Gasteiger partial charge in [0, 0.05) is 31.6 Å². The van der Waals surface area contributed by atoms with Crippen molar-refractivity contribution in [2.45, 2.75) is 26.8 Å². The Balaban J connectivity index is 2.54. The van der Waals surface area contributed by atoms with Gasteiger partial charge >= 0.3 is 0 Å². The molecule has 1 rings (SSSR count). The number of hydrogen-bond donors (Lipinski definition) is 2. The maximum atomic E-state index is 8.90. The molecular weight excluding hydrogens is 190 g/mol. The molecule has 2 unspecified atom stereocenters. The molecule has 4 nitrogen and oxygen atoms in total. The quantitative estimate of drug-likeness (QED) is 0.761. The second kappa shape index (κ2) is 5.78.